The molecule has 1 aromatic carbocycles. The minimum absolute atomic E-state index is 0.0349. The van der Waals surface area contributed by atoms with Crippen molar-refractivity contribution in [2.75, 3.05) is 25.5 Å². The first-order valence-electron chi connectivity index (χ1n) is 7.23. The zero-order valence-electron chi connectivity index (χ0n) is 12.8. The molecule has 21 heavy (non-hydrogen) atoms. The second kappa shape index (κ2) is 6.30. The van der Waals surface area contributed by atoms with Crippen LogP contribution in [0.25, 0.3) is 0 Å². The molecule has 1 aliphatic heterocycles. The van der Waals surface area contributed by atoms with Crippen LogP contribution in [0.3, 0.4) is 0 Å². The van der Waals surface area contributed by atoms with Crippen molar-refractivity contribution >= 4 is 11.4 Å². The lowest BCUT2D eigenvalue weighted by Gasteiger charge is -2.39. The van der Waals surface area contributed by atoms with Crippen LogP contribution in [-0.2, 0) is 0 Å². The number of ether oxygens (including phenoxy) is 1. The Morgan fingerprint density at radius 3 is 2.86 bits per heavy atom. The highest BCUT2D eigenvalue weighted by molar-refractivity contribution is 5.56. The fourth-order valence-corrected chi connectivity index (χ4v) is 2.75. The Bertz CT molecular complexity index is 517. The van der Waals surface area contributed by atoms with Crippen molar-refractivity contribution in [1.29, 1.82) is 0 Å². The first kappa shape index (κ1) is 15.6. The van der Waals surface area contributed by atoms with E-state index in [0.29, 0.717) is 17.5 Å². The van der Waals surface area contributed by atoms with Gasteiger partial charge in [-0.25, -0.2) is 0 Å². The topological polar surface area (TPSA) is 76.4 Å². The van der Waals surface area contributed by atoms with E-state index in [0.717, 1.165) is 13.1 Å². The van der Waals surface area contributed by atoms with Crippen LogP contribution in [0.2, 0.25) is 0 Å². The molecule has 2 N–H and O–H groups in total. The van der Waals surface area contributed by atoms with Gasteiger partial charge in [-0.2, -0.15) is 0 Å². The van der Waals surface area contributed by atoms with Crippen molar-refractivity contribution < 1.29 is 9.66 Å². The van der Waals surface area contributed by atoms with Gasteiger partial charge < -0.3 is 15.4 Å². The number of benzene rings is 1. The number of anilines is 1. The molecule has 0 aliphatic carbocycles. The number of hydrogen-bond acceptors (Lipinski definition) is 5. The lowest BCUT2D eigenvalue weighted by molar-refractivity contribution is -0.384. The van der Waals surface area contributed by atoms with E-state index in [4.69, 9.17) is 4.74 Å². The Morgan fingerprint density at radius 1 is 1.48 bits per heavy atom. The summed E-state index contributed by atoms with van der Waals surface area (Å²) >= 11 is 0. The van der Waals surface area contributed by atoms with Gasteiger partial charge in [-0.1, -0.05) is 13.8 Å². The average Bonchev–Trinajstić information content (AvgIpc) is 2.45. The molecule has 0 amide bonds. The van der Waals surface area contributed by atoms with Gasteiger partial charge in [0.05, 0.1) is 18.1 Å². The molecule has 6 heteroatoms. The molecule has 1 saturated heterocycles. The van der Waals surface area contributed by atoms with Gasteiger partial charge in [-0.15, -0.1) is 0 Å². The summed E-state index contributed by atoms with van der Waals surface area (Å²) in [5.74, 6) is 0.488. The SMILES string of the molecule is COc1cc(NCC2NCCCC2(C)C)cc([N+](=O)[O-])c1. The summed E-state index contributed by atoms with van der Waals surface area (Å²) in [6.07, 6.45) is 2.37. The van der Waals surface area contributed by atoms with Gasteiger partial charge in [0.1, 0.15) is 5.75 Å². The maximum Gasteiger partial charge on any atom is 0.275 e. The highest BCUT2D eigenvalue weighted by Gasteiger charge is 2.31. The molecule has 1 unspecified atom stereocenters. The van der Waals surface area contributed by atoms with E-state index in [1.807, 2.05) is 0 Å². The second-order valence-electron chi connectivity index (χ2n) is 6.16. The first-order chi connectivity index (χ1) is 9.92. The van der Waals surface area contributed by atoms with Crippen molar-refractivity contribution in [3.63, 3.8) is 0 Å². The Morgan fingerprint density at radius 2 is 2.24 bits per heavy atom. The predicted molar refractivity (Wildman–Crippen MR) is 82.9 cm³/mol. The molecule has 0 spiro atoms. The Hall–Kier alpha value is -1.82. The summed E-state index contributed by atoms with van der Waals surface area (Å²) in [6, 6.07) is 5.09. The van der Waals surface area contributed by atoms with Crippen molar-refractivity contribution in [1.82, 2.24) is 5.32 Å². The van der Waals surface area contributed by atoms with Gasteiger partial charge in [0.15, 0.2) is 0 Å². The summed E-state index contributed by atoms with van der Waals surface area (Å²) in [5.41, 5.74) is 0.965. The number of rotatable bonds is 5. The third kappa shape index (κ3) is 3.85. The number of nitrogens with one attached hydrogen (secondary N) is 2. The Labute approximate surface area is 125 Å². The van der Waals surface area contributed by atoms with E-state index < -0.39 is 4.92 Å². The first-order valence-corrected chi connectivity index (χ1v) is 7.23. The third-order valence-corrected chi connectivity index (χ3v) is 4.18. The number of hydrogen-bond donors (Lipinski definition) is 2. The molecule has 0 bridgehead atoms. The summed E-state index contributed by atoms with van der Waals surface area (Å²) in [7, 11) is 1.51. The van der Waals surface area contributed by atoms with Gasteiger partial charge in [0.2, 0.25) is 0 Å². The summed E-state index contributed by atoms with van der Waals surface area (Å²) in [6.45, 7) is 6.25. The normalized spacial score (nSPS) is 20.8. The zero-order chi connectivity index (χ0) is 15.5. The lowest BCUT2D eigenvalue weighted by atomic mass is 9.77. The zero-order valence-corrected chi connectivity index (χ0v) is 12.8. The highest BCUT2D eigenvalue weighted by Crippen LogP contribution is 2.31. The molecule has 1 atom stereocenters. The molecule has 1 aliphatic rings. The van der Waals surface area contributed by atoms with Crippen LogP contribution in [0.1, 0.15) is 26.7 Å². The van der Waals surface area contributed by atoms with Crippen LogP contribution in [0, 0.1) is 15.5 Å². The van der Waals surface area contributed by atoms with E-state index in [9.17, 15) is 10.1 Å². The van der Waals surface area contributed by atoms with Gasteiger partial charge in [0.25, 0.3) is 5.69 Å². The number of nitrogens with zero attached hydrogens (tertiary/aromatic N) is 1. The number of piperidine rings is 1. The van der Waals surface area contributed by atoms with Gasteiger partial charge in [0, 0.05) is 30.4 Å². The molecule has 2 rings (SSSR count). The van der Waals surface area contributed by atoms with Crippen molar-refractivity contribution in [2.45, 2.75) is 32.7 Å². The maximum atomic E-state index is 10.9. The number of methoxy groups -OCH3 is 1. The number of nitro benzene ring substituents is 1. The van der Waals surface area contributed by atoms with Crippen LogP contribution >= 0.6 is 0 Å². The molecule has 0 saturated carbocycles. The minimum Gasteiger partial charge on any atom is -0.496 e. The van der Waals surface area contributed by atoms with Gasteiger partial charge >= 0.3 is 0 Å². The summed E-state index contributed by atoms with van der Waals surface area (Å²) in [5, 5.41) is 17.8. The van der Waals surface area contributed by atoms with E-state index in [1.54, 1.807) is 12.1 Å². The largest absolute Gasteiger partial charge is 0.496 e. The molecule has 1 heterocycles. The van der Waals surface area contributed by atoms with Gasteiger partial charge in [-0.3, -0.25) is 10.1 Å². The van der Waals surface area contributed by atoms with E-state index in [2.05, 4.69) is 24.5 Å². The molecular formula is C15H23N3O3. The average molecular weight is 293 g/mol. The smallest absolute Gasteiger partial charge is 0.275 e. The van der Waals surface area contributed by atoms with E-state index >= 15 is 0 Å². The Kier molecular flexibility index (Phi) is 4.67. The van der Waals surface area contributed by atoms with Crippen molar-refractivity contribution in [2.24, 2.45) is 5.41 Å². The summed E-state index contributed by atoms with van der Waals surface area (Å²) < 4.78 is 5.12. The minimum atomic E-state index is -0.406. The van der Waals surface area contributed by atoms with E-state index in [-0.39, 0.29) is 11.1 Å². The molecule has 0 aromatic heterocycles. The fraction of sp³-hybridized carbons (Fsp3) is 0.600. The van der Waals surface area contributed by atoms with E-state index in [1.165, 1.54) is 26.0 Å². The van der Waals surface area contributed by atoms with Crippen LogP contribution in [0.4, 0.5) is 11.4 Å². The molecular weight excluding hydrogens is 270 g/mol. The number of nitro groups is 1. The van der Waals surface area contributed by atoms with Crippen LogP contribution < -0.4 is 15.4 Å². The third-order valence-electron chi connectivity index (χ3n) is 4.18. The van der Waals surface area contributed by atoms with Crippen molar-refractivity contribution in [3.8, 4) is 5.75 Å². The fourth-order valence-electron chi connectivity index (χ4n) is 2.75. The molecule has 0 radical (unpaired) electrons. The van der Waals surface area contributed by atoms with Crippen molar-refractivity contribution in [3.05, 3.63) is 28.3 Å². The van der Waals surface area contributed by atoms with Gasteiger partial charge in [-0.05, 0) is 24.8 Å². The predicted octanol–water partition coefficient (Wildman–Crippen LogP) is 2.79. The molecule has 1 aromatic rings. The quantitative estimate of drug-likeness (QED) is 0.645. The summed E-state index contributed by atoms with van der Waals surface area (Å²) in [4.78, 5) is 10.5. The highest BCUT2D eigenvalue weighted by atomic mass is 16.6. The maximum absolute atomic E-state index is 10.9. The number of non-ortho nitro benzene ring substituents is 1. The van der Waals surface area contributed by atoms with Crippen LogP contribution in [0.15, 0.2) is 18.2 Å². The lowest BCUT2D eigenvalue weighted by Crippen LogP contribution is -2.50. The van der Waals surface area contributed by atoms with Crippen LogP contribution in [-0.4, -0.2) is 31.2 Å². The second-order valence-corrected chi connectivity index (χ2v) is 6.16. The molecule has 1 fully saturated rings. The van der Waals surface area contributed by atoms with Crippen LogP contribution in [0.5, 0.6) is 5.75 Å². The molecule has 6 nitrogen and oxygen atoms in total. The standard InChI is InChI=1S/C15H23N3O3/c1-15(2)5-4-6-16-14(15)10-17-11-7-12(18(19)20)9-13(8-11)21-3/h7-9,14,16-17H,4-6,10H2,1-3H3. The molecule has 116 valence electrons. The Balaban J connectivity index is 2.08. The monoisotopic (exact) mass is 293 g/mol.